The second-order valence-corrected chi connectivity index (χ2v) is 5.97. The lowest BCUT2D eigenvalue weighted by molar-refractivity contribution is 0.0987. The number of carbonyl (C=O) groups is 1. The van der Waals surface area contributed by atoms with E-state index in [4.69, 9.17) is 15.0 Å². The van der Waals surface area contributed by atoms with Gasteiger partial charge in [-0.25, -0.2) is 0 Å². The summed E-state index contributed by atoms with van der Waals surface area (Å²) >= 11 is 0. The van der Waals surface area contributed by atoms with Crippen LogP contribution in [-0.2, 0) is 6.42 Å². The molecule has 1 fully saturated rings. The maximum atomic E-state index is 11.1. The minimum absolute atomic E-state index is 0.0479. The molecule has 7 nitrogen and oxygen atoms in total. The van der Waals surface area contributed by atoms with E-state index >= 15 is 0 Å². The summed E-state index contributed by atoms with van der Waals surface area (Å²) < 4.78 is 10.5. The number of benzene rings is 1. The minimum atomic E-state index is -0.660. The van der Waals surface area contributed by atoms with E-state index in [-0.39, 0.29) is 11.9 Å². The SMILES string of the molecule is COc1cccc(CCCN2CCCC2c2nc(C(N)=O)no2)c1. The first-order valence-corrected chi connectivity index (χ1v) is 8.18. The molecule has 2 aromatic rings. The average Bonchev–Trinajstić information content (AvgIpc) is 3.24. The van der Waals surface area contributed by atoms with Crippen LogP contribution in [0.2, 0.25) is 0 Å². The van der Waals surface area contributed by atoms with Crippen molar-refractivity contribution in [3.05, 3.63) is 41.5 Å². The molecule has 1 saturated heterocycles. The van der Waals surface area contributed by atoms with Gasteiger partial charge >= 0.3 is 0 Å². The Morgan fingerprint density at radius 3 is 3.12 bits per heavy atom. The molecule has 1 aliphatic rings. The predicted molar refractivity (Wildman–Crippen MR) is 87.7 cm³/mol. The zero-order chi connectivity index (χ0) is 16.9. The number of aryl methyl sites for hydroxylation is 1. The van der Waals surface area contributed by atoms with E-state index in [2.05, 4.69) is 27.2 Å². The summed E-state index contributed by atoms with van der Waals surface area (Å²) in [6.07, 6.45) is 4.05. The Morgan fingerprint density at radius 1 is 1.50 bits per heavy atom. The van der Waals surface area contributed by atoms with E-state index in [9.17, 15) is 4.79 Å². The molecular weight excluding hydrogens is 308 g/mol. The number of ether oxygens (including phenoxy) is 1. The number of nitrogens with two attached hydrogens (primary N) is 1. The van der Waals surface area contributed by atoms with Crippen LogP contribution in [0.3, 0.4) is 0 Å². The molecule has 2 heterocycles. The molecule has 24 heavy (non-hydrogen) atoms. The van der Waals surface area contributed by atoms with Crippen molar-refractivity contribution in [2.45, 2.75) is 31.7 Å². The van der Waals surface area contributed by atoms with Crippen molar-refractivity contribution in [3.63, 3.8) is 0 Å². The van der Waals surface area contributed by atoms with Crippen LogP contribution in [-0.4, -0.2) is 41.1 Å². The van der Waals surface area contributed by atoms with Crippen molar-refractivity contribution in [1.29, 1.82) is 0 Å². The Hall–Kier alpha value is -2.41. The highest BCUT2D eigenvalue weighted by Crippen LogP contribution is 2.31. The third-order valence-electron chi connectivity index (χ3n) is 4.36. The first-order valence-electron chi connectivity index (χ1n) is 8.18. The zero-order valence-electron chi connectivity index (χ0n) is 13.8. The number of primary amides is 1. The lowest BCUT2D eigenvalue weighted by Crippen LogP contribution is -2.25. The third kappa shape index (κ3) is 3.73. The minimum Gasteiger partial charge on any atom is -0.497 e. The van der Waals surface area contributed by atoms with E-state index in [0.717, 1.165) is 44.5 Å². The standard InChI is InChI=1S/C17H22N4O3/c1-23-13-7-2-5-12(11-13)6-3-9-21-10-4-8-14(21)17-19-16(15(18)22)20-24-17/h2,5,7,11,14H,3-4,6,8-10H2,1H3,(H2,18,22). The number of methoxy groups -OCH3 is 1. The lowest BCUT2D eigenvalue weighted by Gasteiger charge is -2.21. The topological polar surface area (TPSA) is 94.5 Å². The smallest absolute Gasteiger partial charge is 0.290 e. The highest BCUT2D eigenvalue weighted by molar-refractivity contribution is 5.88. The van der Waals surface area contributed by atoms with Crippen molar-refractivity contribution < 1.29 is 14.1 Å². The van der Waals surface area contributed by atoms with Crippen molar-refractivity contribution in [3.8, 4) is 5.75 Å². The van der Waals surface area contributed by atoms with Crippen LogP contribution in [0.4, 0.5) is 0 Å². The van der Waals surface area contributed by atoms with Gasteiger partial charge in [-0.05, 0) is 56.5 Å². The first kappa shape index (κ1) is 16.4. The molecule has 7 heteroatoms. The molecule has 0 radical (unpaired) electrons. The Bertz CT molecular complexity index is 701. The van der Waals surface area contributed by atoms with Crippen LogP contribution < -0.4 is 10.5 Å². The summed E-state index contributed by atoms with van der Waals surface area (Å²) in [4.78, 5) is 17.6. The zero-order valence-corrected chi connectivity index (χ0v) is 13.8. The van der Waals surface area contributed by atoms with Gasteiger partial charge in [0.15, 0.2) is 0 Å². The molecule has 3 rings (SSSR count). The number of amides is 1. The summed E-state index contributed by atoms with van der Waals surface area (Å²) in [6.45, 7) is 1.94. The van der Waals surface area contributed by atoms with E-state index in [0.29, 0.717) is 5.89 Å². The number of carbonyl (C=O) groups excluding carboxylic acids is 1. The maximum Gasteiger partial charge on any atom is 0.290 e. The van der Waals surface area contributed by atoms with Gasteiger partial charge in [0.2, 0.25) is 5.89 Å². The van der Waals surface area contributed by atoms with Gasteiger partial charge in [0.25, 0.3) is 11.7 Å². The molecule has 1 aromatic carbocycles. The van der Waals surface area contributed by atoms with Gasteiger partial charge in [-0.3, -0.25) is 9.69 Å². The number of rotatable bonds is 7. The summed E-state index contributed by atoms with van der Waals surface area (Å²) in [5, 5.41) is 3.64. The monoisotopic (exact) mass is 330 g/mol. The first-order chi connectivity index (χ1) is 11.7. The lowest BCUT2D eigenvalue weighted by atomic mass is 10.1. The van der Waals surface area contributed by atoms with Crippen LogP contribution in [0.15, 0.2) is 28.8 Å². The molecule has 128 valence electrons. The molecule has 0 spiro atoms. The van der Waals surface area contributed by atoms with Gasteiger partial charge in [-0.15, -0.1) is 0 Å². The summed E-state index contributed by atoms with van der Waals surface area (Å²) in [7, 11) is 1.68. The number of nitrogens with zero attached hydrogens (tertiary/aromatic N) is 3. The Morgan fingerprint density at radius 2 is 2.38 bits per heavy atom. The summed E-state index contributed by atoms with van der Waals surface area (Å²) in [6, 6.07) is 8.22. The average molecular weight is 330 g/mol. The van der Waals surface area contributed by atoms with Crippen LogP contribution in [0.1, 0.15) is 47.4 Å². The summed E-state index contributed by atoms with van der Waals surface area (Å²) in [5.74, 6) is 0.667. The van der Waals surface area contributed by atoms with Gasteiger partial charge in [0, 0.05) is 0 Å². The largest absolute Gasteiger partial charge is 0.497 e. The molecule has 1 aliphatic heterocycles. The highest BCUT2D eigenvalue weighted by Gasteiger charge is 2.30. The Kier molecular flexibility index (Phi) is 5.10. The quantitative estimate of drug-likeness (QED) is 0.834. The van der Waals surface area contributed by atoms with Crippen LogP contribution in [0.5, 0.6) is 5.75 Å². The molecule has 0 aliphatic carbocycles. The molecular formula is C17H22N4O3. The Labute approximate surface area is 140 Å². The number of hydrogen-bond donors (Lipinski definition) is 1. The van der Waals surface area contributed by atoms with Crippen molar-refractivity contribution in [1.82, 2.24) is 15.0 Å². The molecule has 1 unspecified atom stereocenters. The van der Waals surface area contributed by atoms with Crippen LogP contribution >= 0.6 is 0 Å². The number of aromatic nitrogens is 2. The van der Waals surface area contributed by atoms with Crippen molar-refractivity contribution >= 4 is 5.91 Å². The third-order valence-corrected chi connectivity index (χ3v) is 4.36. The second kappa shape index (κ2) is 7.44. The fourth-order valence-corrected chi connectivity index (χ4v) is 3.16. The predicted octanol–water partition coefficient (Wildman–Crippen LogP) is 1.95. The molecule has 0 saturated carbocycles. The van der Waals surface area contributed by atoms with Gasteiger partial charge in [-0.2, -0.15) is 4.98 Å². The molecule has 2 N–H and O–H groups in total. The van der Waals surface area contributed by atoms with Crippen LogP contribution in [0.25, 0.3) is 0 Å². The number of hydrogen-bond acceptors (Lipinski definition) is 6. The van der Waals surface area contributed by atoms with Gasteiger partial charge < -0.3 is 15.0 Å². The van der Waals surface area contributed by atoms with Crippen molar-refractivity contribution in [2.24, 2.45) is 5.73 Å². The highest BCUT2D eigenvalue weighted by atomic mass is 16.5. The number of likely N-dealkylation sites (tertiary alicyclic amines) is 1. The normalized spacial score (nSPS) is 18.0. The van der Waals surface area contributed by atoms with E-state index < -0.39 is 5.91 Å². The fourth-order valence-electron chi connectivity index (χ4n) is 3.16. The molecule has 1 aromatic heterocycles. The Balaban J connectivity index is 1.56. The fraction of sp³-hybridized carbons (Fsp3) is 0.471. The van der Waals surface area contributed by atoms with Crippen molar-refractivity contribution in [2.75, 3.05) is 20.2 Å². The van der Waals surface area contributed by atoms with Crippen LogP contribution in [0, 0.1) is 0 Å². The maximum absolute atomic E-state index is 11.1. The van der Waals surface area contributed by atoms with Gasteiger partial charge in [-0.1, -0.05) is 17.3 Å². The molecule has 1 atom stereocenters. The van der Waals surface area contributed by atoms with E-state index in [1.54, 1.807) is 7.11 Å². The van der Waals surface area contributed by atoms with E-state index in [1.165, 1.54) is 5.56 Å². The summed E-state index contributed by atoms with van der Waals surface area (Å²) in [5.41, 5.74) is 6.44. The molecule has 0 bridgehead atoms. The van der Waals surface area contributed by atoms with Gasteiger partial charge in [0.1, 0.15) is 5.75 Å². The van der Waals surface area contributed by atoms with Gasteiger partial charge in [0.05, 0.1) is 13.2 Å². The second-order valence-electron chi connectivity index (χ2n) is 5.97. The van der Waals surface area contributed by atoms with E-state index in [1.807, 2.05) is 12.1 Å². The molecule has 1 amide bonds.